The summed E-state index contributed by atoms with van der Waals surface area (Å²) in [6.45, 7) is 0.548. The third kappa shape index (κ3) is 4.03. The molecular weight excluding hydrogens is 291 g/mol. The Balaban J connectivity index is 1.83. The van der Waals surface area contributed by atoms with E-state index in [0.717, 1.165) is 4.88 Å². The van der Waals surface area contributed by atoms with Crippen molar-refractivity contribution in [1.29, 1.82) is 0 Å². The van der Waals surface area contributed by atoms with Gasteiger partial charge in [0.15, 0.2) is 11.6 Å². The molecule has 0 aliphatic carbocycles. The predicted octanol–water partition coefficient (Wildman–Crippen LogP) is 2.42. The number of halogens is 1. The maximum Gasteiger partial charge on any atom is 0.244 e. The van der Waals surface area contributed by atoms with Crippen LogP contribution in [-0.4, -0.2) is 31.0 Å². The molecule has 21 heavy (non-hydrogen) atoms. The second kappa shape index (κ2) is 7.19. The zero-order valence-electron chi connectivity index (χ0n) is 11.7. The van der Waals surface area contributed by atoms with E-state index in [-0.39, 0.29) is 18.3 Å². The molecule has 0 aliphatic rings. The monoisotopic (exact) mass is 308 g/mol. The van der Waals surface area contributed by atoms with Gasteiger partial charge in [-0.3, -0.25) is 4.79 Å². The van der Waals surface area contributed by atoms with E-state index in [1.807, 2.05) is 17.5 Å². The minimum Gasteiger partial charge on any atom is -0.489 e. The van der Waals surface area contributed by atoms with Gasteiger partial charge in [-0.1, -0.05) is 18.2 Å². The standard InChI is InChI=1S/C15H17FN2O2S/c1-18(15(19)14(17)13-7-4-10-21-13)8-9-20-12-6-3-2-5-11(12)16/h2-7,10,14H,8-9,17H2,1H3. The molecular formula is C15H17FN2O2S. The highest BCUT2D eigenvalue weighted by Gasteiger charge is 2.20. The second-order valence-electron chi connectivity index (χ2n) is 4.53. The highest BCUT2D eigenvalue weighted by molar-refractivity contribution is 7.10. The van der Waals surface area contributed by atoms with E-state index in [1.54, 1.807) is 25.2 Å². The Hall–Kier alpha value is -1.92. The number of ether oxygens (including phenoxy) is 1. The van der Waals surface area contributed by atoms with Crippen LogP contribution in [0.5, 0.6) is 5.75 Å². The van der Waals surface area contributed by atoms with E-state index < -0.39 is 11.9 Å². The Morgan fingerprint density at radius 1 is 1.38 bits per heavy atom. The fraction of sp³-hybridized carbons (Fsp3) is 0.267. The van der Waals surface area contributed by atoms with Gasteiger partial charge in [0, 0.05) is 11.9 Å². The van der Waals surface area contributed by atoms with Crippen LogP contribution >= 0.6 is 11.3 Å². The molecule has 1 heterocycles. The first kappa shape index (κ1) is 15.5. The summed E-state index contributed by atoms with van der Waals surface area (Å²) in [4.78, 5) is 14.4. The van der Waals surface area contributed by atoms with Crippen molar-refractivity contribution in [2.24, 2.45) is 5.73 Å². The molecule has 0 saturated heterocycles. The number of hydrogen-bond acceptors (Lipinski definition) is 4. The molecule has 0 radical (unpaired) electrons. The summed E-state index contributed by atoms with van der Waals surface area (Å²) in [5.74, 6) is -0.419. The molecule has 0 saturated carbocycles. The first-order valence-corrected chi connectivity index (χ1v) is 7.39. The van der Waals surface area contributed by atoms with Gasteiger partial charge in [-0.2, -0.15) is 0 Å². The quantitative estimate of drug-likeness (QED) is 0.891. The van der Waals surface area contributed by atoms with Crippen LogP contribution in [0.4, 0.5) is 4.39 Å². The molecule has 1 aromatic heterocycles. The van der Waals surface area contributed by atoms with Crippen molar-refractivity contribution in [3.63, 3.8) is 0 Å². The van der Waals surface area contributed by atoms with E-state index in [2.05, 4.69) is 0 Å². The molecule has 1 atom stereocenters. The number of nitrogens with two attached hydrogens (primary N) is 1. The SMILES string of the molecule is CN(CCOc1ccccc1F)C(=O)C(N)c1cccs1. The average molecular weight is 308 g/mol. The van der Waals surface area contributed by atoms with E-state index >= 15 is 0 Å². The molecule has 0 fully saturated rings. The summed E-state index contributed by atoms with van der Waals surface area (Å²) in [6, 6.07) is 9.19. The Morgan fingerprint density at radius 3 is 2.81 bits per heavy atom. The van der Waals surface area contributed by atoms with E-state index in [1.165, 1.54) is 22.3 Å². The molecule has 4 nitrogen and oxygen atoms in total. The lowest BCUT2D eigenvalue weighted by Gasteiger charge is -2.20. The van der Waals surface area contributed by atoms with Crippen molar-refractivity contribution in [2.75, 3.05) is 20.2 Å². The van der Waals surface area contributed by atoms with Crippen LogP contribution in [0.15, 0.2) is 41.8 Å². The highest BCUT2D eigenvalue weighted by atomic mass is 32.1. The highest BCUT2D eigenvalue weighted by Crippen LogP contribution is 2.18. The van der Waals surface area contributed by atoms with Gasteiger partial charge in [0.05, 0.1) is 6.54 Å². The van der Waals surface area contributed by atoms with Crippen molar-refractivity contribution in [1.82, 2.24) is 4.90 Å². The predicted molar refractivity (Wildman–Crippen MR) is 80.8 cm³/mol. The number of para-hydroxylation sites is 1. The Morgan fingerprint density at radius 2 is 2.14 bits per heavy atom. The number of rotatable bonds is 6. The van der Waals surface area contributed by atoms with Gasteiger partial charge in [0.25, 0.3) is 0 Å². The third-order valence-corrected chi connectivity index (χ3v) is 3.97. The van der Waals surface area contributed by atoms with E-state index in [4.69, 9.17) is 10.5 Å². The smallest absolute Gasteiger partial charge is 0.244 e. The average Bonchev–Trinajstić information content (AvgIpc) is 3.01. The first-order chi connectivity index (χ1) is 10.1. The lowest BCUT2D eigenvalue weighted by Crippen LogP contribution is -2.37. The summed E-state index contributed by atoms with van der Waals surface area (Å²) in [5.41, 5.74) is 5.91. The number of thiophene rings is 1. The van der Waals surface area contributed by atoms with Crippen molar-refractivity contribution < 1.29 is 13.9 Å². The molecule has 2 N–H and O–H groups in total. The van der Waals surface area contributed by atoms with E-state index in [9.17, 15) is 9.18 Å². The van der Waals surface area contributed by atoms with Gasteiger partial charge in [-0.05, 0) is 23.6 Å². The number of benzene rings is 1. The summed E-state index contributed by atoms with van der Waals surface area (Å²) in [5, 5.41) is 1.88. The lowest BCUT2D eigenvalue weighted by molar-refractivity contribution is -0.131. The van der Waals surface area contributed by atoms with E-state index in [0.29, 0.717) is 6.54 Å². The van der Waals surface area contributed by atoms with Crippen LogP contribution in [0.3, 0.4) is 0 Å². The maximum absolute atomic E-state index is 13.4. The summed E-state index contributed by atoms with van der Waals surface area (Å²) < 4.78 is 18.7. The van der Waals surface area contributed by atoms with Crippen LogP contribution < -0.4 is 10.5 Å². The molecule has 0 spiro atoms. The Labute approximate surface area is 126 Å². The Kier molecular flexibility index (Phi) is 5.30. The van der Waals surface area contributed by atoms with Gasteiger partial charge in [-0.15, -0.1) is 11.3 Å². The molecule has 1 amide bonds. The zero-order valence-corrected chi connectivity index (χ0v) is 12.5. The fourth-order valence-electron chi connectivity index (χ4n) is 1.79. The normalized spacial score (nSPS) is 12.0. The first-order valence-electron chi connectivity index (χ1n) is 6.51. The number of likely N-dealkylation sites (N-methyl/N-ethyl adjacent to an activating group) is 1. The minimum atomic E-state index is -0.663. The van der Waals surface area contributed by atoms with Crippen LogP contribution in [0.2, 0.25) is 0 Å². The van der Waals surface area contributed by atoms with Crippen LogP contribution in [0, 0.1) is 5.82 Å². The van der Waals surface area contributed by atoms with Crippen molar-refractivity contribution in [3.05, 3.63) is 52.5 Å². The molecule has 2 aromatic rings. The maximum atomic E-state index is 13.4. The largest absolute Gasteiger partial charge is 0.489 e. The third-order valence-electron chi connectivity index (χ3n) is 3.01. The minimum absolute atomic E-state index is 0.181. The molecule has 112 valence electrons. The van der Waals surface area contributed by atoms with Gasteiger partial charge in [0.1, 0.15) is 12.6 Å². The Bertz CT molecular complexity index is 589. The topological polar surface area (TPSA) is 55.6 Å². The number of amides is 1. The molecule has 1 aromatic carbocycles. The molecule has 1 unspecified atom stereocenters. The van der Waals surface area contributed by atoms with Crippen LogP contribution in [0.25, 0.3) is 0 Å². The number of carbonyl (C=O) groups is 1. The van der Waals surface area contributed by atoms with Gasteiger partial charge < -0.3 is 15.4 Å². The molecule has 0 bridgehead atoms. The summed E-state index contributed by atoms with van der Waals surface area (Å²) >= 11 is 1.45. The fourth-order valence-corrected chi connectivity index (χ4v) is 2.51. The van der Waals surface area contributed by atoms with Gasteiger partial charge in [-0.25, -0.2) is 4.39 Å². The van der Waals surface area contributed by atoms with Crippen molar-refractivity contribution in [3.8, 4) is 5.75 Å². The molecule has 0 aliphatic heterocycles. The zero-order chi connectivity index (χ0) is 15.2. The lowest BCUT2D eigenvalue weighted by atomic mass is 10.2. The number of hydrogen-bond donors (Lipinski definition) is 1. The molecule has 2 rings (SSSR count). The second-order valence-corrected chi connectivity index (χ2v) is 5.51. The van der Waals surface area contributed by atoms with Crippen LogP contribution in [-0.2, 0) is 4.79 Å². The molecule has 6 heteroatoms. The van der Waals surface area contributed by atoms with Crippen molar-refractivity contribution in [2.45, 2.75) is 6.04 Å². The number of nitrogens with zero attached hydrogens (tertiary/aromatic N) is 1. The van der Waals surface area contributed by atoms with Crippen LogP contribution in [0.1, 0.15) is 10.9 Å². The van der Waals surface area contributed by atoms with Gasteiger partial charge in [0.2, 0.25) is 5.91 Å². The number of carbonyl (C=O) groups excluding carboxylic acids is 1. The van der Waals surface area contributed by atoms with Gasteiger partial charge >= 0.3 is 0 Å². The summed E-state index contributed by atoms with van der Waals surface area (Å²) in [7, 11) is 1.65. The summed E-state index contributed by atoms with van der Waals surface area (Å²) in [6.07, 6.45) is 0. The van der Waals surface area contributed by atoms with Crippen molar-refractivity contribution >= 4 is 17.2 Å².